The molecule has 1 saturated carbocycles. The number of amides is 3. The van der Waals surface area contributed by atoms with Crippen molar-refractivity contribution in [3.8, 4) is 0 Å². The van der Waals surface area contributed by atoms with Crippen LogP contribution in [0.4, 0.5) is 4.79 Å². The Morgan fingerprint density at radius 3 is 2.33 bits per heavy atom. The van der Waals surface area contributed by atoms with Crippen molar-refractivity contribution in [2.45, 2.75) is 58.5 Å². The topological polar surface area (TPSA) is 84.2 Å². The minimum Gasteiger partial charge on any atom is -0.351 e. The molecule has 1 rings (SSSR count). The number of rotatable bonds is 4. The molecule has 0 spiro atoms. The van der Waals surface area contributed by atoms with Crippen molar-refractivity contribution in [3.05, 3.63) is 0 Å². The number of carbonyl (C=O) groups is 2. The van der Waals surface area contributed by atoms with Gasteiger partial charge in [0.2, 0.25) is 5.91 Å². The molecular weight excluding hydrogens is 230 g/mol. The second kappa shape index (κ2) is 6.73. The third-order valence-corrected chi connectivity index (χ3v) is 3.70. The van der Waals surface area contributed by atoms with E-state index in [0.717, 1.165) is 6.42 Å². The molecule has 0 aromatic heterocycles. The molecule has 104 valence electrons. The van der Waals surface area contributed by atoms with E-state index in [1.807, 2.05) is 13.8 Å². The van der Waals surface area contributed by atoms with E-state index in [1.165, 1.54) is 19.3 Å². The van der Waals surface area contributed by atoms with Gasteiger partial charge in [-0.25, -0.2) is 4.79 Å². The molecule has 0 aliphatic heterocycles. The van der Waals surface area contributed by atoms with Crippen LogP contribution in [0.1, 0.15) is 46.5 Å². The molecular formula is C13H25N3O2. The number of hydrogen-bond acceptors (Lipinski definition) is 3. The first-order valence-corrected chi connectivity index (χ1v) is 6.78. The monoisotopic (exact) mass is 255 g/mol. The Balaban J connectivity index is 2.61. The van der Waals surface area contributed by atoms with Gasteiger partial charge in [-0.1, -0.05) is 33.6 Å². The van der Waals surface area contributed by atoms with Gasteiger partial charge in [0, 0.05) is 6.04 Å². The molecule has 5 nitrogen and oxygen atoms in total. The minimum atomic E-state index is -0.788. The van der Waals surface area contributed by atoms with Gasteiger partial charge in [-0.2, -0.15) is 0 Å². The normalized spacial score (nSPS) is 25.8. The van der Waals surface area contributed by atoms with Crippen molar-refractivity contribution in [1.82, 2.24) is 10.6 Å². The van der Waals surface area contributed by atoms with Gasteiger partial charge < -0.3 is 11.1 Å². The minimum absolute atomic E-state index is 0.124. The van der Waals surface area contributed by atoms with E-state index in [9.17, 15) is 9.59 Å². The van der Waals surface area contributed by atoms with Crippen molar-refractivity contribution >= 4 is 11.9 Å². The van der Waals surface area contributed by atoms with Gasteiger partial charge in [0.1, 0.15) is 0 Å². The lowest BCUT2D eigenvalue weighted by atomic mass is 9.85. The van der Waals surface area contributed by atoms with Crippen LogP contribution in [-0.2, 0) is 4.79 Å². The van der Waals surface area contributed by atoms with Gasteiger partial charge in [0.05, 0.1) is 6.04 Å². The van der Waals surface area contributed by atoms with Crippen LogP contribution in [0.3, 0.4) is 0 Å². The summed E-state index contributed by atoms with van der Waals surface area (Å²) in [4.78, 5) is 22.7. The predicted molar refractivity (Wildman–Crippen MR) is 70.9 cm³/mol. The van der Waals surface area contributed by atoms with E-state index in [-0.39, 0.29) is 17.9 Å². The molecule has 3 amide bonds. The number of nitrogens with one attached hydrogen (secondary N) is 2. The number of urea groups is 1. The van der Waals surface area contributed by atoms with Crippen LogP contribution in [0.15, 0.2) is 0 Å². The second-order valence-corrected chi connectivity index (χ2v) is 5.61. The van der Waals surface area contributed by atoms with Crippen molar-refractivity contribution in [3.63, 3.8) is 0 Å². The summed E-state index contributed by atoms with van der Waals surface area (Å²) in [5.74, 6) is 0.370. The van der Waals surface area contributed by atoms with Crippen LogP contribution >= 0.6 is 0 Å². The molecule has 0 aromatic carbocycles. The lowest BCUT2D eigenvalue weighted by Gasteiger charge is -2.34. The Bertz CT molecular complexity index is 305. The summed E-state index contributed by atoms with van der Waals surface area (Å²) in [5.41, 5.74) is 4.99. The summed E-state index contributed by atoms with van der Waals surface area (Å²) in [6, 6.07) is -0.794. The molecule has 1 fully saturated rings. The van der Waals surface area contributed by atoms with Crippen LogP contribution in [-0.4, -0.2) is 24.0 Å². The number of nitrogens with two attached hydrogens (primary N) is 1. The summed E-state index contributed by atoms with van der Waals surface area (Å²) >= 11 is 0. The van der Waals surface area contributed by atoms with Crippen molar-refractivity contribution in [1.29, 1.82) is 0 Å². The fourth-order valence-electron chi connectivity index (χ4n) is 2.56. The molecule has 3 atom stereocenters. The Kier molecular flexibility index (Phi) is 5.59. The molecule has 18 heavy (non-hydrogen) atoms. The van der Waals surface area contributed by atoms with E-state index in [2.05, 4.69) is 17.6 Å². The van der Waals surface area contributed by atoms with E-state index < -0.39 is 6.03 Å². The van der Waals surface area contributed by atoms with Gasteiger partial charge in [0.25, 0.3) is 0 Å². The van der Waals surface area contributed by atoms with Gasteiger partial charge in [-0.3, -0.25) is 10.1 Å². The summed E-state index contributed by atoms with van der Waals surface area (Å²) in [5, 5.41) is 5.56. The maximum Gasteiger partial charge on any atom is 0.318 e. The third-order valence-electron chi connectivity index (χ3n) is 3.70. The first-order chi connectivity index (χ1) is 8.41. The first-order valence-electron chi connectivity index (χ1n) is 6.78. The highest BCUT2D eigenvalue weighted by Crippen LogP contribution is 2.24. The SMILES string of the molecule is CC(C)[C@H](N[C@H]1CCCC[C@@H]1C)C(=O)NC(N)=O. The van der Waals surface area contributed by atoms with E-state index in [4.69, 9.17) is 5.73 Å². The molecule has 0 saturated heterocycles. The Morgan fingerprint density at radius 2 is 1.83 bits per heavy atom. The fourth-order valence-corrected chi connectivity index (χ4v) is 2.56. The average Bonchev–Trinajstić information content (AvgIpc) is 2.26. The van der Waals surface area contributed by atoms with Crippen LogP contribution in [0.25, 0.3) is 0 Å². The number of imide groups is 1. The van der Waals surface area contributed by atoms with E-state index in [1.54, 1.807) is 0 Å². The Morgan fingerprint density at radius 1 is 1.22 bits per heavy atom. The van der Waals surface area contributed by atoms with E-state index in [0.29, 0.717) is 12.0 Å². The maximum atomic E-state index is 11.9. The molecule has 5 heteroatoms. The molecule has 4 N–H and O–H groups in total. The highest BCUT2D eigenvalue weighted by atomic mass is 16.2. The highest BCUT2D eigenvalue weighted by Gasteiger charge is 2.29. The van der Waals surface area contributed by atoms with Gasteiger partial charge in [0.15, 0.2) is 0 Å². The average molecular weight is 255 g/mol. The molecule has 0 heterocycles. The zero-order valence-corrected chi connectivity index (χ0v) is 11.5. The summed E-state index contributed by atoms with van der Waals surface area (Å²) in [6.07, 6.45) is 4.75. The largest absolute Gasteiger partial charge is 0.351 e. The summed E-state index contributed by atoms with van der Waals surface area (Å²) < 4.78 is 0. The van der Waals surface area contributed by atoms with Gasteiger partial charge in [-0.05, 0) is 24.7 Å². The molecule has 1 aliphatic rings. The quantitative estimate of drug-likeness (QED) is 0.709. The van der Waals surface area contributed by atoms with Crippen LogP contribution in [0, 0.1) is 11.8 Å². The first kappa shape index (κ1) is 15.0. The zero-order valence-electron chi connectivity index (χ0n) is 11.5. The van der Waals surface area contributed by atoms with Crippen molar-refractivity contribution in [2.75, 3.05) is 0 Å². The number of carbonyl (C=O) groups excluding carboxylic acids is 2. The molecule has 0 unspecified atom stereocenters. The predicted octanol–water partition coefficient (Wildman–Crippen LogP) is 1.37. The van der Waals surface area contributed by atoms with Crippen LogP contribution in [0.5, 0.6) is 0 Å². The smallest absolute Gasteiger partial charge is 0.318 e. The fraction of sp³-hybridized carbons (Fsp3) is 0.846. The Hall–Kier alpha value is -1.10. The van der Waals surface area contributed by atoms with Crippen molar-refractivity contribution in [2.24, 2.45) is 17.6 Å². The van der Waals surface area contributed by atoms with E-state index >= 15 is 0 Å². The molecule has 0 aromatic rings. The standard InChI is InChI=1S/C13H25N3O2/c1-8(2)11(12(17)16-13(14)18)15-10-7-5-4-6-9(10)3/h8-11,15H,4-7H2,1-3H3,(H3,14,16,17,18)/t9-,10-,11-/m0/s1. The zero-order chi connectivity index (χ0) is 13.7. The van der Waals surface area contributed by atoms with Crippen molar-refractivity contribution < 1.29 is 9.59 Å². The van der Waals surface area contributed by atoms with Gasteiger partial charge >= 0.3 is 6.03 Å². The molecule has 0 radical (unpaired) electrons. The molecule has 0 bridgehead atoms. The lowest BCUT2D eigenvalue weighted by Crippen LogP contribution is -2.55. The Labute approximate surface area is 109 Å². The lowest BCUT2D eigenvalue weighted by molar-refractivity contribution is -0.123. The summed E-state index contributed by atoms with van der Waals surface area (Å²) in [6.45, 7) is 6.14. The second-order valence-electron chi connectivity index (χ2n) is 5.61. The summed E-state index contributed by atoms with van der Waals surface area (Å²) in [7, 11) is 0. The third kappa shape index (κ3) is 4.29. The van der Waals surface area contributed by atoms with Gasteiger partial charge in [-0.15, -0.1) is 0 Å². The van der Waals surface area contributed by atoms with Crippen LogP contribution in [0.2, 0.25) is 0 Å². The molecule has 1 aliphatic carbocycles. The number of hydrogen-bond donors (Lipinski definition) is 3. The van der Waals surface area contributed by atoms with Crippen LogP contribution < -0.4 is 16.4 Å². The maximum absolute atomic E-state index is 11.9. The highest BCUT2D eigenvalue weighted by molar-refractivity contribution is 5.96. The number of primary amides is 1.